The molecular weight excluding hydrogens is 178 g/mol. The number of aryl methyl sites for hydroxylation is 1. The van der Waals surface area contributed by atoms with Crippen molar-refractivity contribution in [2.75, 3.05) is 14.1 Å². The molecule has 0 N–H and O–H groups in total. The number of aromatic nitrogens is 1. The van der Waals surface area contributed by atoms with E-state index in [4.69, 9.17) is 0 Å². The maximum Gasteiger partial charge on any atom is 0.278 e. The Bertz CT molecular complexity index is 358. The summed E-state index contributed by atoms with van der Waals surface area (Å²) in [5.74, 6) is -0.246. The van der Waals surface area contributed by atoms with E-state index in [1.54, 1.807) is 23.2 Å². The Morgan fingerprint density at radius 3 is 2.86 bits per heavy atom. The van der Waals surface area contributed by atoms with E-state index in [1.165, 1.54) is 6.34 Å². The Balaban J connectivity index is 2.80. The van der Waals surface area contributed by atoms with Crippen LogP contribution < -0.4 is 0 Å². The maximum atomic E-state index is 11.4. The predicted molar refractivity (Wildman–Crippen MR) is 55.5 cm³/mol. The fraction of sp³-hybridized carbons (Fsp3) is 0.300. The molecule has 1 amide bonds. The van der Waals surface area contributed by atoms with Crippen LogP contribution in [-0.2, 0) is 0 Å². The molecule has 0 aliphatic carbocycles. The molecule has 0 aliphatic rings. The molecule has 14 heavy (non-hydrogen) atoms. The monoisotopic (exact) mass is 191 g/mol. The van der Waals surface area contributed by atoms with Crippen molar-refractivity contribution in [2.45, 2.75) is 6.92 Å². The van der Waals surface area contributed by atoms with Crippen LogP contribution in [0.5, 0.6) is 0 Å². The van der Waals surface area contributed by atoms with Crippen LogP contribution in [0.3, 0.4) is 0 Å². The first-order valence-electron chi connectivity index (χ1n) is 4.27. The molecule has 0 radical (unpaired) electrons. The van der Waals surface area contributed by atoms with Crippen LogP contribution in [0.15, 0.2) is 23.3 Å². The second-order valence-electron chi connectivity index (χ2n) is 3.20. The first-order chi connectivity index (χ1) is 6.59. The molecule has 1 aromatic rings. The number of carbonyl (C=O) groups is 1. The zero-order chi connectivity index (χ0) is 10.6. The number of nitrogens with zero attached hydrogens (tertiary/aromatic N) is 3. The topological polar surface area (TPSA) is 45.6 Å². The first kappa shape index (κ1) is 10.4. The van der Waals surface area contributed by atoms with E-state index in [2.05, 4.69) is 9.98 Å². The summed E-state index contributed by atoms with van der Waals surface area (Å²) in [6, 6.07) is 3.37. The van der Waals surface area contributed by atoms with E-state index >= 15 is 0 Å². The summed E-state index contributed by atoms with van der Waals surface area (Å²) in [4.78, 5) is 20.9. The molecule has 0 saturated heterocycles. The van der Waals surface area contributed by atoms with Gasteiger partial charge in [0.1, 0.15) is 0 Å². The molecule has 0 aromatic carbocycles. The number of hydrogen-bond acceptors (Lipinski definition) is 2. The van der Waals surface area contributed by atoms with Crippen molar-refractivity contribution in [3.63, 3.8) is 0 Å². The quantitative estimate of drug-likeness (QED) is 0.520. The smallest absolute Gasteiger partial charge is 0.278 e. The fourth-order valence-electron chi connectivity index (χ4n) is 0.921. The van der Waals surface area contributed by atoms with Gasteiger partial charge in [0.2, 0.25) is 0 Å². The summed E-state index contributed by atoms with van der Waals surface area (Å²) >= 11 is 0. The summed E-state index contributed by atoms with van der Waals surface area (Å²) < 4.78 is 0. The van der Waals surface area contributed by atoms with Crippen molar-refractivity contribution >= 4 is 12.2 Å². The lowest BCUT2D eigenvalue weighted by Gasteiger charge is -2.01. The van der Waals surface area contributed by atoms with Crippen LogP contribution in [0.2, 0.25) is 0 Å². The van der Waals surface area contributed by atoms with Crippen LogP contribution >= 0.6 is 0 Å². The van der Waals surface area contributed by atoms with E-state index in [9.17, 15) is 4.79 Å². The minimum Gasteiger partial charge on any atom is -0.369 e. The summed E-state index contributed by atoms with van der Waals surface area (Å²) in [7, 11) is 3.63. The molecule has 1 heterocycles. The van der Waals surface area contributed by atoms with Gasteiger partial charge in [-0.1, -0.05) is 0 Å². The van der Waals surface area contributed by atoms with Gasteiger partial charge in [-0.15, -0.1) is 0 Å². The van der Waals surface area contributed by atoms with Crippen molar-refractivity contribution in [3.05, 3.63) is 29.6 Å². The average Bonchev–Trinajstić information content (AvgIpc) is 2.14. The lowest BCUT2D eigenvalue weighted by atomic mass is 10.2. The number of aliphatic imine (C=N–C) groups is 1. The summed E-state index contributed by atoms with van der Waals surface area (Å²) in [6.07, 6.45) is 3.09. The fourth-order valence-corrected chi connectivity index (χ4v) is 0.921. The first-order valence-corrected chi connectivity index (χ1v) is 4.27. The predicted octanol–water partition coefficient (Wildman–Crippen LogP) is 1.12. The van der Waals surface area contributed by atoms with E-state index in [-0.39, 0.29) is 5.91 Å². The van der Waals surface area contributed by atoms with Gasteiger partial charge in [-0.05, 0) is 19.1 Å². The van der Waals surface area contributed by atoms with E-state index in [0.29, 0.717) is 5.56 Å². The second kappa shape index (κ2) is 4.50. The molecule has 0 saturated carbocycles. The molecule has 1 aromatic heterocycles. The molecule has 4 nitrogen and oxygen atoms in total. The van der Waals surface area contributed by atoms with Gasteiger partial charge in [0.05, 0.1) is 6.34 Å². The highest BCUT2D eigenvalue weighted by atomic mass is 16.1. The van der Waals surface area contributed by atoms with Gasteiger partial charge in [0, 0.05) is 31.5 Å². The Morgan fingerprint density at radius 2 is 2.29 bits per heavy atom. The standard InChI is InChI=1S/C10H13N3O/c1-8-6-9(4-5-11-8)10(14)12-7-13(2)3/h4-7H,1-3H3/b12-7+. The Kier molecular flexibility index (Phi) is 3.34. The lowest BCUT2D eigenvalue weighted by Crippen LogP contribution is -2.09. The van der Waals surface area contributed by atoms with E-state index in [0.717, 1.165) is 5.69 Å². The minimum absolute atomic E-state index is 0.246. The largest absolute Gasteiger partial charge is 0.369 e. The van der Waals surface area contributed by atoms with E-state index in [1.807, 2.05) is 21.0 Å². The number of rotatable bonds is 2. The van der Waals surface area contributed by atoms with Crippen molar-refractivity contribution in [1.82, 2.24) is 9.88 Å². The molecular formula is C10H13N3O. The third kappa shape index (κ3) is 2.97. The Labute approximate surface area is 83.3 Å². The average molecular weight is 191 g/mol. The van der Waals surface area contributed by atoms with Crippen molar-refractivity contribution in [2.24, 2.45) is 4.99 Å². The third-order valence-electron chi connectivity index (χ3n) is 1.55. The molecule has 1 rings (SSSR count). The van der Waals surface area contributed by atoms with Gasteiger partial charge in [-0.25, -0.2) is 0 Å². The van der Waals surface area contributed by atoms with Gasteiger partial charge in [-0.2, -0.15) is 4.99 Å². The van der Waals surface area contributed by atoms with Crippen LogP contribution in [0.4, 0.5) is 0 Å². The molecule has 0 fully saturated rings. The summed E-state index contributed by atoms with van der Waals surface area (Å²) in [6.45, 7) is 1.84. The zero-order valence-electron chi connectivity index (χ0n) is 8.56. The van der Waals surface area contributed by atoms with Gasteiger partial charge >= 0.3 is 0 Å². The molecule has 0 atom stereocenters. The van der Waals surface area contributed by atoms with Crippen molar-refractivity contribution in [3.8, 4) is 0 Å². The maximum absolute atomic E-state index is 11.4. The molecule has 0 bridgehead atoms. The highest BCUT2D eigenvalue weighted by molar-refractivity contribution is 5.98. The van der Waals surface area contributed by atoms with Gasteiger partial charge in [0.15, 0.2) is 0 Å². The SMILES string of the molecule is Cc1cc(C(=O)/N=C/N(C)C)ccn1. The minimum atomic E-state index is -0.246. The zero-order valence-corrected chi connectivity index (χ0v) is 8.56. The van der Waals surface area contributed by atoms with E-state index < -0.39 is 0 Å². The Hall–Kier alpha value is -1.71. The van der Waals surface area contributed by atoms with Crippen LogP contribution in [0, 0.1) is 6.92 Å². The van der Waals surface area contributed by atoms with Gasteiger partial charge in [0.25, 0.3) is 5.91 Å². The third-order valence-corrected chi connectivity index (χ3v) is 1.55. The molecule has 0 spiro atoms. The summed E-state index contributed by atoms with van der Waals surface area (Å²) in [5.41, 5.74) is 1.38. The second-order valence-corrected chi connectivity index (χ2v) is 3.20. The molecule has 0 aliphatic heterocycles. The Morgan fingerprint density at radius 1 is 1.57 bits per heavy atom. The number of pyridine rings is 1. The summed E-state index contributed by atoms with van der Waals surface area (Å²) in [5, 5.41) is 0. The number of amides is 1. The van der Waals surface area contributed by atoms with Crippen LogP contribution in [-0.4, -0.2) is 36.2 Å². The van der Waals surface area contributed by atoms with Crippen molar-refractivity contribution in [1.29, 1.82) is 0 Å². The number of carbonyl (C=O) groups excluding carboxylic acids is 1. The molecule has 4 heteroatoms. The lowest BCUT2D eigenvalue weighted by molar-refractivity contribution is 0.100. The highest BCUT2D eigenvalue weighted by Gasteiger charge is 2.02. The normalized spacial score (nSPS) is 10.5. The highest BCUT2D eigenvalue weighted by Crippen LogP contribution is 2.02. The van der Waals surface area contributed by atoms with Gasteiger partial charge < -0.3 is 4.90 Å². The molecule has 0 unspecified atom stereocenters. The van der Waals surface area contributed by atoms with Gasteiger partial charge in [-0.3, -0.25) is 9.78 Å². The van der Waals surface area contributed by atoms with Crippen LogP contribution in [0.25, 0.3) is 0 Å². The van der Waals surface area contributed by atoms with Crippen LogP contribution in [0.1, 0.15) is 16.1 Å². The molecule has 74 valence electrons. The number of hydrogen-bond donors (Lipinski definition) is 0. The van der Waals surface area contributed by atoms with Crippen molar-refractivity contribution < 1.29 is 4.79 Å².